The summed E-state index contributed by atoms with van der Waals surface area (Å²) in [5, 5.41) is 26.2. The topological polar surface area (TPSA) is 136 Å². The number of aliphatic carboxylic acids is 1. The van der Waals surface area contributed by atoms with Gasteiger partial charge in [-0.1, -0.05) is 6.07 Å². The third-order valence-corrected chi connectivity index (χ3v) is 5.62. The lowest BCUT2D eigenvalue weighted by Gasteiger charge is -2.20. The predicted octanol–water partition coefficient (Wildman–Crippen LogP) is 2.45. The van der Waals surface area contributed by atoms with Gasteiger partial charge in [0, 0.05) is 42.4 Å². The molecule has 0 spiro atoms. The summed E-state index contributed by atoms with van der Waals surface area (Å²) < 4.78 is 0. The fourth-order valence-corrected chi connectivity index (χ4v) is 3.85. The molecule has 5 N–H and O–H groups in total. The average Bonchev–Trinajstić information content (AvgIpc) is 3.26. The van der Waals surface area contributed by atoms with Gasteiger partial charge in [0.05, 0.1) is 12.1 Å². The summed E-state index contributed by atoms with van der Waals surface area (Å²) in [5.41, 5.74) is 4.52. The van der Waals surface area contributed by atoms with Gasteiger partial charge in [0.25, 0.3) is 0 Å². The molecule has 0 bridgehead atoms. The second-order valence-corrected chi connectivity index (χ2v) is 8.09. The molecule has 0 aromatic carbocycles. The van der Waals surface area contributed by atoms with Crippen molar-refractivity contribution in [2.75, 3.05) is 11.9 Å². The number of rotatable bonds is 9. The van der Waals surface area contributed by atoms with Crippen LogP contribution in [0.15, 0.2) is 36.8 Å². The lowest BCUT2D eigenvalue weighted by Crippen LogP contribution is -2.28. The van der Waals surface area contributed by atoms with Crippen LogP contribution in [0.2, 0.25) is 0 Å². The van der Waals surface area contributed by atoms with E-state index in [1.54, 1.807) is 19.3 Å². The number of H-pyrrole nitrogens is 1. The second-order valence-electron chi connectivity index (χ2n) is 8.09. The minimum absolute atomic E-state index is 0.199. The molecule has 3 aromatic rings. The molecule has 3 aromatic heterocycles. The van der Waals surface area contributed by atoms with E-state index >= 15 is 0 Å². The number of aromatic nitrogens is 4. The number of hydrogen-bond acceptors (Lipinski definition) is 7. The van der Waals surface area contributed by atoms with Crippen LogP contribution in [0, 0.1) is 6.92 Å². The summed E-state index contributed by atoms with van der Waals surface area (Å²) in [6.07, 6.45) is 7.54. The third-order valence-electron chi connectivity index (χ3n) is 5.62. The number of carboxylic acid groups (broad SMARTS) is 1. The number of fused-ring (bicyclic) bond motifs is 1. The predicted molar refractivity (Wildman–Crippen MR) is 119 cm³/mol. The van der Waals surface area contributed by atoms with Crippen molar-refractivity contribution in [3.63, 3.8) is 0 Å². The number of hydrogen-bond donors (Lipinski definition) is 5. The molecule has 1 aliphatic heterocycles. The van der Waals surface area contributed by atoms with E-state index in [0.29, 0.717) is 17.1 Å². The molecule has 0 radical (unpaired) electrons. The summed E-state index contributed by atoms with van der Waals surface area (Å²) in [5.74, 6) is 0.615. The highest BCUT2D eigenvalue weighted by molar-refractivity contribution is 5.67. The number of nitrogens with one attached hydrogen (secondary N) is 3. The molecule has 168 valence electrons. The van der Waals surface area contributed by atoms with Crippen LogP contribution >= 0.6 is 0 Å². The van der Waals surface area contributed by atoms with Gasteiger partial charge in [-0.25, -0.2) is 15.0 Å². The Hall–Kier alpha value is -3.30. The van der Waals surface area contributed by atoms with Gasteiger partial charge >= 0.3 is 5.97 Å². The molecule has 1 aliphatic rings. The molecule has 0 saturated carbocycles. The van der Waals surface area contributed by atoms with E-state index in [9.17, 15) is 15.0 Å². The van der Waals surface area contributed by atoms with Crippen molar-refractivity contribution in [1.82, 2.24) is 25.3 Å². The van der Waals surface area contributed by atoms with Crippen molar-refractivity contribution in [3.8, 4) is 0 Å². The zero-order valence-electron chi connectivity index (χ0n) is 18.0. The molecular weight excluding hydrogens is 408 g/mol. The van der Waals surface area contributed by atoms with Crippen LogP contribution in [-0.4, -0.2) is 42.7 Å². The van der Waals surface area contributed by atoms with Gasteiger partial charge in [0.2, 0.25) is 0 Å². The van der Waals surface area contributed by atoms with Gasteiger partial charge in [-0.3, -0.25) is 10.1 Å². The summed E-state index contributed by atoms with van der Waals surface area (Å²) in [6.45, 7) is 2.72. The highest BCUT2D eigenvalue weighted by Crippen LogP contribution is 2.22. The first-order chi connectivity index (χ1) is 15.5. The van der Waals surface area contributed by atoms with Crippen molar-refractivity contribution >= 4 is 11.8 Å². The number of aromatic amines is 1. The summed E-state index contributed by atoms with van der Waals surface area (Å²) in [6, 6.07) is 5.49. The Kier molecular flexibility index (Phi) is 6.77. The van der Waals surface area contributed by atoms with Crippen molar-refractivity contribution in [2.45, 2.75) is 51.3 Å². The molecule has 9 heteroatoms. The highest BCUT2D eigenvalue weighted by Gasteiger charge is 2.21. The summed E-state index contributed by atoms with van der Waals surface area (Å²) in [4.78, 5) is 27.4. The molecule has 2 atom stereocenters. The lowest BCUT2D eigenvalue weighted by molar-refractivity contribution is -0.137. The van der Waals surface area contributed by atoms with Crippen molar-refractivity contribution in [1.29, 1.82) is 0 Å². The third kappa shape index (κ3) is 5.49. The maximum absolute atomic E-state index is 11.3. The van der Waals surface area contributed by atoms with Gasteiger partial charge in [0.15, 0.2) is 0 Å². The molecule has 32 heavy (non-hydrogen) atoms. The summed E-state index contributed by atoms with van der Waals surface area (Å²) in [7, 11) is 0. The largest absolute Gasteiger partial charge is 0.481 e. The molecule has 4 heterocycles. The Labute approximate surface area is 186 Å². The van der Waals surface area contributed by atoms with Crippen LogP contribution < -0.4 is 10.6 Å². The fourth-order valence-electron chi connectivity index (χ4n) is 3.85. The first-order valence-electron chi connectivity index (χ1n) is 10.8. The molecule has 0 saturated heterocycles. The standard InChI is InChI=1S/C23H28N6O3/c1-14-25-12-17(13-26-14)19(10-21(30)31)29-23(32)20-9-15(11-27-20)4-6-18-7-5-16-3-2-8-24-22(16)28-18/h5,7,9,11-13,19,23,27,29,32H,2-4,6,8,10H2,1H3,(H,24,28)(H,30,31). The average molecular weight is 437 g/mol. The van der Waals surface area contributed by atoms with Crippen LogP contribution in [0.25, 0.3) is 0 Å². The highest BCUT2D eigenvalue weighted by atomic mass is 16.4. The zero-order valence-corrected chi connectivity index (χ0v) is 18.0. The molecular formula is C23H28N6O3. The lowest BCUT2D eigenvalue weighted by atomic mass is 10.0. The Bertz CT molecular complexity index is 1070. The van der Waals surface area contributed by atoms with Crippen LogP contribution in [0.3, 0.4) is 0 Å². The number of aliphatic hydroxyl groups excluding tert-OH is 1. The number of aryl methyl sites for hydroxylation is 4. The molecule has 0 amide bonds. The zero-order chi connectivity index (χ0) is 22.5. The van der Waals surface area contributed by atoms with Gasteiger partial charge in [-0.2, -0.15) is 0 Å². The minimum atomic E-state index is -1.06. The van der Waals surface area contributed by atoms with Crippen LogP contribution in [-0.2, 0) is 24.1 Å². The number of nitrogens with zero attached hydrogens (tertiary/aromatic N) is 3. The Morgan fingerprint density at radius 3 is 2.84 bits per heavy atom. The SMILES string of the molecule is Cc1ncc(C(CC(=O)O)NC(O)c2cc(CCc3ccc4c(n3)NCCC4)c[nH]2)cn1. The number of carboxylic acids is 1. The van der Waals surface area contributed by atoms with E-state index in [1.807, 2.05) is 12.3 Å². The number of carbonyl (C=O) groups is 1. The van der Waals surface area contributed by atoms with E-state index < -0.39 is 18.2 Å². The van der Waals surface area contributed by atoms with Gasteiger partial charge in [-0.15, -0.1) is 0 Å². The van der Waals surface area contributed by atoms with Gasteiger partial charge in [0.1, 0.15) is 17.9 Å². The molecule has 0 fully saturated rings. The molecule has 2 unspecified atom stereocenters. The van der Waals surface area contributed by atoms with Crippen molar-refractivity contribution in [3.05, 3.63) is 70.7 Å². The van der Waals surface area contributed by atoms with E-state index in [2.05, 4.69) is 37.7 Å². The number of pyridine rings is 1. The first kappa shape index (κ1) is 21.9. The normalized spacial score (nSPS) is 14.9. The number of aliphatic hydroxyl groups is 1. The van der Waals surface area contributed by atoms with Crippen LogP contribution in [0.1, 0.15) is 59.0 Å². The van der Waals surface area contributed by atoms with Crippen LogP contribution in [0.4, 0.5) is 5.82 Å². The van der Waals surface area contributed by atoms with Gasteiger partial charge in [-0.05, 0) is 55.9 Å². The second kappa shape index (κ2) is 9.88. The Morgan fingerprint density at radius 1 is 1.25 bits per heavy atom. The smallest absolute Gasteiger partial charge is 0.305 e. The van der Waals surface area contributed by atoms with Crippen LogP contribution in [0.5, 0.6) is 0 Å². The quantitative estimate of drug-likeness (QED) is 0.323. The van der Waals surface area contributed by atoms with E-state index in [0.717, 1.165) is 49.3 Å². The maximum atomic E-state index is 11.3. The molecule has 4 rings (SSSR count). The van der Waals surface area contributed by atoms with Crippen molar-refractivity contribution < 1.29 is 15.0 Å². The monoisotopic (exact) mass is 436 g/mol. The number of anilines is 1. The van der Waals surface area contributed by atoms with E-state index in [1.165, 1.54) is 5.56 Å². The minimum Gasteiger partial charge on any atom is -0.481 e. The van der Waals surface area contributed by atoms with E-state index in [4.69, 9.17) is 4.98 Å². The Balaban J connectivity index is 1.38. The van der Waals surface area contributed by atoms with E-state index in [-0.39, 0.29) is 6.42 Å². The Morgan fingerprint density at radius 2 is 2.06 bits per heavy atom. The van der Waals surface area contributed by atoms with Gasteiger partial charge < -0.3 is 20.5 Å². The first-order valence-corrected chi connectivity index (χ1v) is 10.8. The molecule has 0 aliphatic carbocycles. The maximum Gasteiger partial charge on any atom is 0.305 e. The van der Waals surface area contributed by atoms with Crippen molar-refractivity contribution in [2.24, 2.45) is 0 Å². The molecule has 9 nitrogen and oxygen atoms in total. The fraction of sp³-hybridized carbons (Fsp3) is 0.391. The summed E-state index contributed by atoms with van der Waals surface area (Å²) >= 11 is 0.